The lowest BCUT2D eigenvalue weighted by Crippen LogP contribution is -2.42. The molecule has 24 heavy (non-hydrogen) atoms. The SMILES string of the molecule is CCC/C=C/CCCCCCCCO[C@@H](CO)[C@H]1OC[C@@H](O)[C@H]1O. The molecule has 1 fully saturated rings. The molecule has 0 saturated carbocycles. The molecule has 0 aromatic carbocycles. The molecule has 1 rings (SSSR count). The van der Waals surface area contributed by atoms with E-state index in [1.54, 1.807) is 0 Å². The zero-order valence-corrected chi connectivity index (χ0v) is 15.1. The number of hydrogen-bond acceptors (Lipinski definition) is 5. The average Bonchev–Trinajstić information content (AvgIpc) is 2.92. The molecule has 1 aliphatic rings. The van der Waals surface area contributed by atoms with Crippen LogP contribution in [0.25, 0.3) is 0 Å². The van der Waals surface area contributed by atoms with E-state index in [4.69, 9.17) is 9.47 Å². The molecular formula is C19H36O5. The van der Waals surface area contributed by atoms with Crippen LogP contribution in [0, 0.1) is 0 Å². The van der Waals surface area contributed by atoms with Crippen LogP contribution in [0.1, 0.15) is 64.7 Å². The first-order valence-electron chi connectivity index (χ1n) is 9.55. The van der Waals surface area contributed by atoms with E-state index in [2.05, 4.69) is 19.1 Å². The topological polar surface area (TPSA) is 79.2 Å². The summed E-state index contributed by atoms with van der Waals surface area (Å²) in [4.78, 5) is 0. The number of rotatable bonds is 14. The van der Waals surface area contributed by atoms with Crippen LogP contribution in [0.3, 0.4) is 0 Å². The Morgan fingerprint density at radius 1 is 1.04 bits per heavy atom. The third-order valence-electron chi connectivity index (χ3n) is 4.46. The highest BCUT2D eigenvalue weighted by molar-refractivity contribution is 4.88. The smallest absolute Gasteiger partial charge is 0.114 e. The van der Waals surface area contributed by atoms with Crippen molar-refractivity contribution in [3.63, 3.8) is 0 Å². The summed E-state index contributed by atoms with van der Waals surface area (Å²) in [6.45, 7) is 2.63. The number of unbranched alkanes of at least 4 members (excludes halogenated alkanes) is 7. The molecule has 1 saturated heterocycles. The average molecular weight is 344 g/mol. The quantitative estimate of drug-likeness (QED) is 0.333. The Kier molecular flexibility index (Phi) is 12.4. The van der Waals surface area contributed by atoms with Crippen molar-refractivity contribution in [1.29, 1.82) is 0 Å². The standard InChI is InChI=1S/C19H36O5/c1-2-3-4-5-6-7-8-9-10-11-12-13-23-17(14-20)19-18(22)16(21)15-24-19/h4-5,16-22H,2-3,6-15H2,1H3/b5-4+/t16-,17+,18-,19-/m1/s1. The predicted molar refractivity (Wildman–Crippen MR) is 94.9 cm³/mol. The van der Waals surface area contributed by atoms with E-state index in [1.165, 1.54) is 44.9 Å². The van der Waals surface area contributed by atoms with Gasteiger partial charge in [0.25, 0.3) is 0 Å². The van der Waals surface area contributed by atoms with Gasteiger partial charge in [-0.2, -0.15) is 0 Å². The van der Waals surface area contributed by atoms with E-state index in [9.17, 15) is 15.3 Å². The van der Waals surface area contributed by atoms with E-state index in [0.29, 0.717) is 6.61 Å². The second-order valence-electron chi connectivity index (χ2n) is 6.62. The summed E-state index contributed by atoms with van der Waals surface area (Å²) >= 11 is 0. The van der Waals surface area contributed by atoms with Gasteiger partial charge in [0.15, 0.2) is 0 Å². The zero-order valence-electron chi connectivity index (χ0n) is 15.1. The van der Waals surface area contributed by atoms with Crippen LogP contribution in [0.15, 0.2) is 12.2 Å². The zero-order chi connectivity index (χ0) is 17.6. The summed E-state index contributed by atoms with van der Waals surface area (Å²) in [7, 11) is 0. The van der Waals surface area contributed by atoms with E-state index in [-0.39, 0.29) is 13.2 Å². The molecule has 1 heterocycles. The molecule has 0 spiro atoms. The maximum atomic E-state index is 9.78. The fraction of sp³-hybridized carbons (Fsp3) is 0.895. The Balaban J connectivity index is 1.95. The summed E-state index contributed by atoms with van der Waals surface area (Å²) in [6.07, 6.45) is 12.2. The van der Waals surface area contributed by atoms with Gasteiger partial charge in [-0.05, 0) is 25.7 Å². The van der Waals surface area contributed by atoms with E-state index in [1.807, 2.05) is 0 Å². The molecule has 0 aliphatic carbocycles. The first kappa shape index (κ1) is 21.6. The molecule has 0 bridgehead atoms. The van der Waals surface area contributed by atoms with Gasteiger partial charge in [0.05, 0.1) is 13.2 Å². The first-order chi connectivity index (χ1) is 11.7. The molecule has 0 unspecified atom stereocenters. The Morgan fingerprint density at radius 2 is 1.71 bits per heavy atom. The molecule has 0 aromatic heterocycles. The van der Waals surface area contributed by atoms with Crippen LogP contribution in [-0.2, 0) is 9.47 Å². The Hall–Kier alpha value is -0.460. The molecule has 0 aromatic rings. The monoisotopic (exact) mass is 344 g/mol. The molecule has 0 radical (unpaired) electrons. The largest absolute Gasteiger partial charge is 0.394 e. The second-order valence-corrected chi connectivity index (χ2v) is 6.62. The minimum Gasteiger partial charge on any atom is -0.394 e. The number of ether oxygens (including phenoxy) is 2. The van der Waals surface area contributed by atoms with Gasteiger partial charge in [0, 0.05) is 6.61 Å². The normalized spacial score (nSPS) is 25.6. The molecule has 142 valence electrons. The second kappa shape index (κ2) is 13.8. The maximum absolute atomic E-state index is 9.78. The summed E-state index contributed by atoms with van der Waals surface area (Å²) in [5.41, 5.74) is 0. The van der Waals surface area contributed by atoms with Gasteiger partial charge in [-0.25, -0.2) is 0 Å². The van der Waals surface area contributed by atoms with Gasteiger partial charge in [-0.1, -0.05) is 51.2 Å². The summed E-state index contributed by atoms with van der Waals surface area (Å²) in [5.74, 6) is 0. The van der Waals surface area contributed by atoms with Crippen LogP contribution < -0.4 is 0 Å². The van der Waals surface area contributed by atoms with Gasteiger partial charge >= 0.3 is 0 Å². The number of aliphatic hydroxyl groups excluding tert-OH is 3. The van der Waals surface area contributed by atoms with Crippen LogP contribution >= 0.6 is 0 Å². The van der Waals surface area contributed by atoms with E-state index >= 15 is 0 Å². The summed E-state index contributed by atoms with van der Waals surface area (Å²) in [5, 5.41) is 28.6. The minimum absolute atomic E-state index is 0.0966. The van der Waals surface area contributed by atoms with Crippen molar-refractivity contribution in [2.45, 2.75) is 89.1 Å². The minimum atomic E-state index is -0.978. The third-order valence-corrected chi connectivity index (χ3v) is 4.46. The van der Waals surface area contributed by atoms with Crippen molar-refractivity contribution in [3.05, 3.63) is 12.2 Å². The Labute approximate surface area is 146 Å². The molecule has 0 amide bonds. The highest BCUT2D eigenvalue weighted by Crippen LogP contribution is 2.20. The number of allylic oxidation sites excluding steroid dienone is 2. The Bertz CT molecular complexity index is 321. The van der Waals surface area contributed by atoms with Crippen molar-refractivity contribution in [2.75, 3.05) is 19.8 Å². The van der Waals surface area contributed by atoms with Crippen molar-refractivity contribution >= 4 is 0 Å². The summed E-state index contributed by atoms with van der Waals surface area (Å²) < 4.78 is 10.9. The first-order valence-corrected chi connectivity index (χ1v) is 9.55. The van der Waals surface area contributed by atoms with E-state index < -0.39 is 24.4 Å². The third kappa shape index (κ3) is 8.58. The molecule has 5 nitrogen and oxygen atoms in total. The lowest BCUT2D eigenvalue weighted by atomic mass is 10.1. The predicted octanol–water partition coefficient (Wildman–Crippen LogP) is 2.57. The van der Waals surface area contributed by atoms with Gasteiger partial charge < -0.3 is 24.8 Å². The lowest BCUT2D eigenvalue weighted by molar-refractivity contribution is -0.101. The van der Waals surface area contributed by atoms with Gasteiger partial charge in [0.1, 0.15) is 24.4 Å². The molecule has 5 heteroatoms. The maximum Gasteiger partial charge on any atom is 0.114 e. The molecule has 4 atom stereocenters. The van der Waals surface area contributed by atoms with Crippen molar-refractivity contribution < 1.29 is 24.8 Å². The lowest BCUT2D eigenvalue weighted by Gasteiger charge is -2.24. The number of aliphatic hydroxyl groups is 3. The highest BCUT2D eigenvalue weighted by atomic mass is 16.6. The van der Waals surface area contributed by atoms with Crippen molar-refractivity contribution in [3.8, 4) is 0 Å². The van der Waals surface area contributed by atoms with Crippen LogP contribution in [0.4, 0.5) is 0 Å². The number of hydrogen-bond donors (Lipinski definition) is 3. The van der Waals surface area contributed by atoms with Crippen LogP contribution in [-0.4, -0.2) is 59.6 Å². The van der Waals surface area contributed by atoms with Crippen LogP contribution in [0.5, 0.6) is 0 Å². The molecule has 1 aliphatic heterocycles. The fourth-order valence-electron chi connectivity index (χ4n) is 2.91. The van der Waals surface area contributed by atoms with Gasteiger partial charge in [-0.3, -0.25) is 0 Å². The molecule has 3 N–H and O–H groups in total. The van der Waals surface area contributed by atoms with E-state index in [0.717, 1.165) is 12.8 Å². The highest BCUT2D eigenvalue weighted by Gasteiger charge is 2.40. The van der Waals surface area contributed by atoms with Crippen molar-refractivity contribution in [1.82, 2.24) is 0 Å². The Morgan fingerprint density at radius 3 is 2.33 bits per heavy atom. The van der Waals surface area contributed by atoms with Crippen LogP contribution in [0.2, 0.25) is 0 Å². The fourth-order valence-corrected chi connectivity index (χ4v) is 2.91. The van der Waals surface area contributed by atoms with Gasteiger partial charge in [0.2, 0.25) is 0 Å². The molecular weight excluding hydrogens is 308 g/mol. The summed E-state index contributed by atoms with van der Waals surface area (Å²) in [6, 6.07) is 0. The van der Waals surface area contributed by atoms with Gasteiger partial charge in [-0.15, -0.1) is 0 Å². The van der Waals surface area contributed by atoms with Crippen molar-refractivity contribution in [2.24, 2.45) is 0 Å².